The first-order valence-corrected chi connectivity index (χ1v) is 4.36. The van der Waals surface area contributed by atoms with Crippen LogP contribution in [-0.4, -0.2) is 10.2 Å². The second-order valence-electron chi connectivity index (χ2n) is 3.96. The first kappa shape index (κ1) is 10.1. The van der Waals surface area contributed by atoms with Gasteiger partial charge in [-0.3, -0.25) is 0 Å². The minimum Gasteiger partial charge on any atom is -0.507 e. The molecular formula is C11H16O2. The summed E-state index contributed by atoms with van der Waals surface area (Å²) in [7, 11) is 0. The van der Waals surface area contributed by atoms with Crippen molar-refractivity contribution in [3.05, 3.63) is 28.8 Å². The molecule has 72 valence electrons. The Bertz CT molecular complexity index is 322. The number of benzene rings is 1. The number of phenolic OH excluding ortho intramolecular Hbond substituents is 1. The zero-order valence-corrected chi connectivity index (χ0v) is 8.55. The summed E-state index contributed by atoms with van der Waals surface area (Å²) in [4.78, 5) is 0. The third-order valence-electron chi connectivity index (χ3n) is 2.29. The molecule has 0 saturated carbocycles. The predicted molar refractivity (Wildman–Crippen MR) is 52.8 cm³/mol. The summed E-state index contributed by atoms with van der Waals surface area (Å²) < 4.78 is 0. The third-order valence-corrected chi connectivity index (χ3v) is 2.29. The van der Waals surface area contributed by atoms with Crippen molar-refractivity contribution in [2.24, 2.45) is 0 Å². The summed E-state index contributed by atoms with van der Waals surface area (Å²) in [6, 6.07) is 3.67. The van der Waals surface area contributed by atoms with Gasteiger partial charge in [-0.25, -0.2) is 0 Å². The molecule has 1 aromatic rings. The molecule has 1 aromatic carbocycles. The fourth-order valence-corrected chi connectivity index (χ4v) is 1.50. The Balaban J connectivity index is 3.35. The predicted octanol–water partition coefficient (Wildman–Crippen LogP) is 2.24. The lowest BCUT2D eigenvalue weighted by Crippen LogP contribution is -2.17. The van der Waals surface area contributed by atoms with Gasteiger partial charge in [0.1, 0.15) is 5.75 Å². The lowest BCUT2D eigenvalue weighted by molar-refractivity contribution is 0.0776. The van der Waals surface area contributed by atoms with Gasteiger partial charge >= 0.3 is 0 Å². The summed E-state index contributed by atoms with van der Waals surface area (Å²) in [5, 5.41) is 19.4. The Kier molecular flexibility index (Phi) is 2.35. The molecular weight excluding hydrogens is 164 g/mol. The zero-order chi connectivity index (χ0) is 10.2. The quantitative estimate of drug-likeness (QED) is 0.695. The smallest absolute Gasteiger partial charge is 0.121 e. The molecule has 0 bridgehead atoms. The second-order valence-corrected chi connectivity index (χ2v) is 3.96. The third kappa shape index (κ3) is 1.83. The summed E-state index contributed by atoms with van der Waals surface area (Å²) in [6.45, 7) is 7.08. The molecule has 0 aliphatic heterocycles. The standard InChI is InChI=1S/C11H16O2/c1-7-5-6-9(11(3,4)13)8(2)10(7)12/h5-6,12-13H,1-4H3. The molecule has 0 radical (unpaired) electrons. The fourth-order valence-electron chi connectivity index (χ4n) is 1.50. The highest BCUT2D eigenvalue weighted by molar-refractivity contribution is 5.45. The van der Waals surface area contributed by atoms with Crippen molar-refractivity contribution in [2.75, 3.05) is 0 Å². The van der Waals surface area contributed by atoms with Crippen LogP contribution in [0.3, 0.4) is 0 Å². The van der Waals surface area contributed by atoms with Gasteiger partial charge in [0.05, 0.1) is 5.60 Å². The molecule has 0 spiro atoms. The van der Waals surface area contributed by atoms with E-state index >= 15 is 0 Å². The van der Waals surface area contributed by atoms with Gasteiger partial charge < -0.3 is 10.2 Å². The van der Waals surface area contributed by atoms with Crippen molar-refractivity contribution in [3.63, 3.8) is 0 Å². The molecule has 0 amide bonds. The molecule has 0 heterocycles. The van der Waals surface area contributed by atoms with Crippen LogP contribution in [0.25, 0.3) is 0 Å². The molecule has 0 unspecified atom stereocenters. The molecule has 13 heavy (non-hydrogen) atoms. The highest BCUT2D eigenvalue weighted by Crippen LogP contribution is 2.31. The number of aliphatic hydroxyl groups is 1. The first-order valence-electron chi connectivity index (χ1n) is 4.36. The van der Waals surface area contributed by atoms with Gasteiger partial charge in [-0.1, -0.05) is 12.1 Å². The van der Waals surface area contributed by atoms with Crippen molar-refractivity contribution in [1.29, 1.82) is 0 Å². The lowest BCUT2D eigenvalue weighted by atomic mass is 9.92. The Morgan fingerprint density at radius 3 is 2.15 bits per heavy atom. The van der Waals surface area contributed by atoms with Crippen molar-refractivity contribution >= 4 is 0 Å². The maximum Gasteiger partial charge on any atom is 0.121 e. The monoisotopic (exact) mass is 180 g/mol. The number of aryl methyl sites for hydroxylation is 1. The Morgan fingerprint density at radius 1 is 1.15 bits per heavy atom. The highest BCUT2D eigenvalue weighted by Gasteiger charge is 2.20. The SMILES string of the molecule is Cc1ccc(C(C)(C)O)c(C)c1O. The first-order chi connectivity index (χ1) is 5.84. The van der Waals surface area contributed by atoms with E-state index in [1.165, 1.54) is 0 Å². The van der Waals surface area contributed by atoms with Gasteiger partial charge in [-0.2, -0.15) is 0 Å². The Morgan fingerprint density at radius 2 is 1.69 bits per heavy atom. The van der Waals surface area contributed by atoms with Crippen LogP contribution in [0.1, 0.15) is 30.5 Å². The number of hydrogen-bond acceptors (Lipinski definition) is 2. The van der Waals surface area contributed by atoms with Gasteiger partial charge in [-0.05, 0) is 44.4 Å². The van der Waals surface area contributed by atoms with E-state index < -0.39 is 5.60 Å². The average Bonchev–Trinajstić information content (AvgIpc) is 1.98. The summed E-state index contributed by atoms with van der Waals surface area (Å²) in [5.41, 5.74) is 1.48. The van der Waals surface area contributed by atoms with E-state index in [0.29, 0.717) is 0 Å². The van der Waals surface area contributed by atoms with Crippen LogP contribution in [0.4, 0.5) is 0 Å². The molecule has 1 rings (SSSR count). The van der Waals surface area contributed by atoms with Crippen LogP contribution in [-0.2, 0) is 5.60 Å². The van der Waals surface area contributed by atoms with Gasteiger partial charge in [0, 0.05) is 0 Å². The molecule has 0 aromatic heterocycles. The molecule has 0 aliphatic rings. The van der Waals surface area contributed by atoms with Crippen molar-refractivity contribution in [1.82, 2.24) is 0 Å². The van der Waals surface area contributed by atoms with E-state index in [4.69, 9.17) is 0 Å². The van der Waals surface area contributed by atoms with Gasteiger partial charge in [-0.15, -0.1) is 0 Å². The topological polar surface area (TPSA) is 40.5 Å². The maximum absolute atomic E-state index is 9.77. The van der Waals surface area contributed by atoms with Crippen molar-refractivity contribution < 1.29 is 10.2 Å². The van der Waals surface area contributed by atoms with E-state index in [1.54, 1.807) is 13.8 Å². The molecule has 2 heteroatoms. The maximum atomic E-state index is 9.77. The van der Waals surface area contributed by atoms with Crippen LogP contribution in [0, 0.1) is 13.8 Å². The minimum atomic E-state index is -0.894. The largest absolute Gasteiger partial charge is 0.507 e. The van der Waals surface area contributed by atoms with Gasteiger partial charge in [0.15, 0.2) is 0 Å². The zero-order valence-electron chi connectivity index (χ0n) is 8.55. The van der Waals surface area contributed by atoms with E-state index in [-0.39, 0.29) is 5.75 Å². The molecule has 0 saturated heterocycles. The summed E-state index contributed by atoms with van der Waals surface area (Å²) in [6.07, 6.45) is 0. The average molecular weight is 180 g/mol. The van der Waals surface area contributed by atoms with E-state index in [0.717, 1.165) is 16.7 Å². The van der Waals surface area contributed by atoms with Crippen LogP contribution < -0.4 is 0 Å². The second kappa shape index (κ2) is 3.04. The molecule has 2 N–H and O–H groups in total. The van der Waals surface area contributed by atoms with Gasteiger partial charge in [0.2, 0.25) is 0 Å². The van der Waals surface area contributed by atoms with Crippen molar-refractivity contribution in [2.45, 2.75) is 33.3 Å². The number of hydrogen-bond donors (Lipinski definition) is 2. The highest BCUT2D eigenvalue weighted by atomic mass is 16.3. The number of aromatic hydroxyl groups is 1. The van der Waals surface area contributed by atoms with Crippen LogP contribution >= 0.6 is 0 Å². The van der Waals surface area contributed by atoms with E-state index in [9.17, 15) is 10.2 Å². The van der Waals surface area contributed by atoms with E-state index in [1.807, 2.05) is 26.0 Å². The summed E-state index contributed by atoms with van der Waals surface area (Å²) in [5.74, 6) is 0.277. The molecule has 0 fully saturated rings. The summed E-state index contributed by atoms with van der Waals surface area (Å²) >= 11 is 0. The normalized spacial score (nSPS) is 11.8. The lowest BCUT2D eigenvalue weighted by Gasteiger charge is -2.21. The molecule has 0 aliphatic carbocycles. The Labute approximate surface area is 78.8 Å². The molecule has 0 atom stereocenters. The van der Waals surface area contributed by atoms with Crippen LogP contribution in [0.2, 0.25) is 0 Å². The van der Waals surface area contributed by atoms with Gasteiger partial charge in [0.25, 0.3) is 0 Å². The molecule has 2 nitrogen and oxygen atoms in total. The van der Waals surface area contributed by atoms with Crippen molar-refractivity contribution in [3.8, 4) is 5.75 Å². The van der Waals surface area contributed by atoms with E-state index in [2.05, 4.69) is 0 Å². The minimum absolute atomic E-state index is 0.277. The fraction of sp³-hybridized carbons (Fsp3) is 0.455. The number of rotatable bonds is 1. The Hall–Kier alpha value is -1.02. The van der Waals surface area contributed by atoms with Crippen LogP contribution in [0.15, 0.2) is 12.1 Å². The van der Waals surface area contributed by atoms with Crippen LogP contribution in [0.5, 0.6) is 5.75 Å². The number of phenols is 1.